The van der Waals surface area contributed by atoms with Crippen molar-refractivity contribution in [2.24, 2.45) is 5.92 Å². The van der Waals surface area contributed by atoms with Crippen LogP contribution in [-0.4, -0.2) is 28.9 Å². The Kier molecular flexibility index (Phi) is 4.95. The van der Waals surface area contributed by atoms with Crippen LogP contribution in [0.5, 0.6) is 0 Å². The first-order valence-corrected chi connectivity index (χ1v) is 6.15. The average molecular weight is 259 g/mol. The molecule has 1 fully saturated rings. The lowest BCUT2D eigenvalue weighted by Crippen LogP contribution is -2.36. The van der Waals surface area contributed by atoms with Gasteiger partial charge in [-0.2, -0.15) is 0 Å². The number of aliphatic hydroxyl groups excluding tert-OH is 1. The zero-order valence-corrected chi connectivity index (χ0v) is 11.1. The number of rotatable bonds is 1. The van der Waals surface area contributed by atoms with Crippen LogP contribution in [0.2, 0.25) is 0 Å². The summed E-state index contributed by atoms with van der Waals surface area (Å²) in [6.45, 7) is 5.16. The highest BCUT2D eigenvalue weighted by atomic mass is 16.7. The number of carbonyl (C=O) groups excluding carboxylic acids is 2. The van der Waals surface area contributed by atoms with Gasteiger partial charge in [0.25, 0.3) is 0 Å². The summed E-state index contributed by atoms with van der Waals surface area (Å²) in [7, 11) is 0. The van der Waals surface area contributed by atoms with Crippen molar-refractivity contribution in [2.45, 2.75) is 58.2 Å². The average Bonchev–Trinajstić information content (AvgIpc) is 2.24. The van der Waals surface area contributed by atoms with Gasteiger partial charge in [0.15, 0.2) is 0 Å². The van der Waals surface area contributed by atoms with Crippen LogP contribution in [0.4, 0.5) is 4.79 Å². The molecule has 0 atom stereocenters. The van der Waals surface area contributed by atoms with Crippen LogP contribution in [0.25, 0.3) is 0 Å². The van der Waals surface area contributed by atoms with Crippen LogP contribution in [0.3, 0.4) is 0 Å². The van der Waals surface area contributed by atoms with E-state index in [-0.39, 0.29) is 12.0 Å². The number of hydrogen-bond donors (Lipinski definition) is 2. The third-order valence-electron chi connectivity index (χ3n) is 2.66. The van der Waals surface area contributed by atoms with Crippen LogP contribution in [0.1, 0.15) is 46.5 Å². The third-order valence-corrected chi connectivity index (χ3v) is 2.66. The molecule has 1 saturated carbocycles. The Labute approximate surface area is 107 Å². The molecule has 104 valence electrons. The van der Waals surface area contributed by atoms with Crippen molar-refractivity contribution >= 4 is 12.1 Å². The molecule has 6 nitrogen and oxygen atoms in total. The Morgan fingerprint density at radius 3 is 2.22 bits per heavy atom. The monoisotopic (exact) mass is 259 g/mol. The zero-order chi connectivity index (χ0) is 13.8. The predicted octanol–water partition coefficient (Wildman–Crippen LogP) is 1.52. The Bertz CT molecular complexity index is 302. The van der Waals surface area contributed by atoms with Crippen molar-refractivity contribution in [3.8, 4) is 0 Å². The van der Waals surface area contributed by atoms with Crippen molar-refractivity contribution in [3.63, 3.8) is 0 Å². The summed E-state index contributed by atoms with van der Waals surface area (Å²) in [6, 6.07) is 0. The van der Waals surface area contributed by atoms with Gasteiger partial charge in [0, 0.05) is 0 Å². The Hall–Kier alpha value is -1.30. The van der Waals surface area contributed by atoms with E-state index >= 15 is 0 Å². The van der Waals surface area contributed by atoms with Gasteiger partial charge in [0.05, 0.1) is 12.0 Å². The predicted molar refractivity (Wildman–Crippen MR) is 63.4 cm³/mol. The Morgan fingerprint density at radius 1 is 1.17 bits per heavy atom. The largest absolute Gasteiger partial charge is 0.442 e. The van der Waals surface area contributed by atoms with E-state index in [1.165, 1.54) is 0 Å². The van der Waals surface area contributed by atoms with Gasteiger partial charge in [-0.3, -0.25) is 0 Å². The lowest BCUT2D eigenvalue weighted by atomic mass is 9.88. The molecule has 1 aliphatic rings. The number of hydrogen-bond acceptors (Lipinski definition) is 5. The molecule has 0 saturated heterocycles. The van der Waals surface area contributed by atoms with Crippen LogP contribution in [0.15, 0.2) is 0 Å². The van der Waals surface area contributed by atoms with Crippen LogP contribution < -0.4 is 5.48 Å². The molecule has 0 bridgehead atoms. The lowest BCUT2D eigenvalue weighted by Gasteiger charge is -2.24. The van der Waals surface area contributed by atoms with Gasteiger partial charge in [-0.25, -0.2) is 9.59 Å². The first kappa shape index (κ1) is 14.8. The van der Waals surface area contributed by atoms with Crippen LogP contribution >= 0.6 is 0 Å². The Balaban J connectivity index is 2.27. The van der Waals surface area contributed by atoms with Gasteiger partial charge in [-0.1, -0.05) is 0 Å². The highest BCUT2D eigenvalue weighted by Crippen LogP contribution is 2.24. The first-order chi connectivity index (χ1) is 8.28. The SMILES string of the molecule is CC(C)(C)OC(=O)NOC(=O)C1CCC(O)CC1. The summed E-state index contributed by atoms with van der Waals surface area (Å²) < 4.78 is 4.93. The second kappa shape index (κ2) is 6.04. The van der Waals surface area contributed by atoms with E-state index in [0.29, 0.717) is 25.7 Å². The summed E-state index contributed by atoms with van der Waals surface area (Å²) >= 11 is 0. The number of hydroxylamine groups is 1. The standard InChI is InChI=1S/C12H21NO5/c1-12(2,3)17-11(16)13-18-10(15)8-4-6-9(14)7-5-8/h8-9,14H,4-7H2,1-3H3,(H,13,16). The minimum Gasteiger partial charge on any atom is -0.442 e. The molecule has 1 aliphatic carbocycles. The molecule has 0 spiro atoms. The normalized spacial score (nSPS) is 24.2. The summed E-state index contributed by atoms with van der Waals surface area (Å²) in [5, 5.41) is 9.31. The molecule has 0 aromatic heterocycles. The third kappa shape index (κ3) is 5.35. The highest BCUT2D eigenvalue weighted by Gasteiger charge is 2.27. The van der Waals surface area contributed by atoms with Gasteiger partial charge in [-0.15, -0.1) is 5.48 Å². The van der Waals surface area contributed by atoms with Crippen molar-refractivity contribution in [1.29, 1.82) is 0 Å². The van der Waals surface area contributed by atoms with E-state index in [0.717, 1.165) is 0 Å². The maximum absolute atomic E-state index is 11.6. The molecule has 2 N–H and O–H groups in total. The molecule has 6 heteroatoms. The Morgan fingerprint density at radius 2 is 1.72 bits per heavy atom. The van der Waals surface area contributed by atoms with Crippen molar-refractivity contribution in [2.75, 3.05) is 0 Å². The first-order valence-electron chi connectivity index (χ1n) is 6.15. The van der Waals surface area contributed by atoms with E-state index in [1.807, 2.05) is 5.48 Å². The zero-order valence-electron chi connectivity index (χ0n) is 11.1. The molecular formula is C12H21NO5. The van der Waals surface area contributed by atoms with E-state index in [4.69, 9.17) is 4.74 Å². The molecule has 0 aromatic carbocycles. The molecular weight excluding hydrogens is 238 g/mol. The van der Waals surface area contributed by atoms with Crippen molar-refractivity contribution < 1.29 is 24.3 Å². The minimum atomic E-state index is -0.785. The molecule has 0 aromatic rings. The molecule has 18 heavy (non-hydrogen) atoms. The number of carbonyl (C=O) groups is 2. The second-order valence-electron chi connectivity index (χ2n) is 5.53. The summed E-state index contributed by atoms with van der Waals surface area (Å²) in [5.74, 6) is -0.740. The maximum atomic E-state index is 11.6. The van der Waals surface area contributed by atoms with Gasteiger partial charge in [0.1, 0.15) is 5.60 Å². The summed E-state index contributed by atoms with van der Waals surface area (Å²) in [4.78, 5) is 27.5. The van der Waals surface area contributed by atoms with Crippen molar-refractivity contribution in [3.05, 3.63) is 0 Å². The fraction of sp³-hybridized carbons (Fsp3) is 0.833. The smallest absolute Gasteiger partial charge is 0.441 e. The fourth-order valence-electron chi connectivity index (χ4n) is 1.79. The van der Waals surface area contributed by atoms with Gasteiger partial charge < -0.3 is 14.7 Å². The maximum Gasteiger partial charge on any atom is 0.441 e. The van der Waals surface area contributed by atoms with Crippen LogP contribution in [0, 0.1) is 5.92 Å². The summed E-state index contributed by atoms with van der Waals surface area (Å²) in [5.41, 5.74) is 1.34. The molecule has 1 amide bonds. The second-order valence-corrected chi connectivity index (χ2v) is 5.53. The van der Waals surface area contributed by atoms with Gasteiger partial charge in [-0.05, 0) is 46.5 Å². The number of aliphatic hydroxyl groups is 1. The fourth-order valence-corrected chi connectivity index (χ4v) is 1.79. The van der Waals surface area contributed by atoms with E-state index in [1.54, 1.807) is 20.8 Å². The lowest BCUT2D eigenvalue weighted by molar-refractivity contribution is -0.157. The topological polar surface area (TPSA) is 84.9 Å². The van der Waals surface area contributed by atoms with Gasteiger partial charge >= 0.3 is 12.1 Å². The van der Waals surface area contributed by atoms with E-state index in [9.17, 15) is 14.7 Å². The highest BCUT2D eigenvalue weighted by molar-refractivity contribution is 5.75. The van der Waals surface area contributed by atoms with Gasteiger partial charge in [0.2, 0.25) is 0 Å². The van der Waals surface area contributed by atoms with E-state index < -0.39 is 17.7 Å². The molecule has 0 aliphatic heterocycles. The van der Waals surface area contributed by atoms with E-state index in [2.05, 4.69) is 4.84 Å². The quantitative estimate of drug-likeness (QED) is 0.697. The number of ether oxygens (including phenoxy) is 1. The molecule has 0 heterocycles. The number of nitrogens with one attached hydrogen (secondary N) is 1. The van der Waals surface area contributed by atoms with Crippen LogP contribution in [-0.2, 0) is 14.4 Å². The molecule has 0 unspecified atom stereocenters. The van der Waals surface area contributed by atoms with Crippen molar-refractivity contribution in [1.82, 2.24) is 5.48 Å². The summed E-state index contributed by atoms with van der Waals surface area (Å²) in [6.07, 6.45) is 1.23. The molecule has 0 radical (unpaired) electrons. The number of amides is 1. The molecule has 1 rings (SSSR count). The minimum absolute atomic E-state index is 0.261.